The van der Waals surface area contributed by atoms with Crippen molar-refractivity contribution in [1.82, 2.24) is 19.4 Å². The van der Waals surface area contributed by atoms with Crippen molar-refractivity contribution >= 4 is 30.1 Å². The van der Waals surface area contributed by atoms with Gasteiger partial charge in [-0.3, -0.25) is 9.38 Å². The Morgan fingerprint density at radius 3 is 2.82 bits per heavy atom. The van der Waals surface area contributed by atoms with Gasteiger partial charge in [-0.2, -0.15) is 0 Å². The Hall–Kier alpha value is -3.61. The molecule has 0 bridgehead atoms. The molecule has 0 saturated heterocycles. The number of rotatable bonds is 3. The number of furan rings is 1. The molecule has 0 radical (unpaired) electrons. The molecule has 5 aromatic rings. The number of hydrogen-bond donors (Lipinski definition) is 0. The molecule has 0 aliphatic carbocycles. The molecule has 5 rings (SSSR count). The quantitative estimate of drug-likeness (QED) is 0.458. The van der Waals surface area contributed by atoms with Crippen LogP contribution in [0.15, 0.2) is 59.6 Å². The Bertz CT molecular complexity index is 1340. The zero-order valence-electron chi connectivity index (χ0n) is 15.8. The molecule has 0 unspecified atom stereocenters. The number of pyridine rings is 1. The van der Waals surface area contributed by atoms with Gasteiger partial charge in [0.2, 0.25) is 5.88 Å². The van der Waals surface area contributed by atoms with Crippen LogP contribution < -0.4 is 10.3 Å². The van der Waals surface area contributed by atoms with E-state index in [-0.39, 0.29) is 0 Å². The Labute approximate surface area is 162 Å². The second kappa shape index (κ2) is 6.23. The summed E-state index contributed by atoms with van der Waals surface area (Å²) < 4.78 is 13.5. The smallest absolute Gasteiger partial charge is 0.230 e. The minimum atomic E-state index is 0.531. The molecule has 0 N–H and O–H groups in total. The lowest BCUT2D eigenvalue weighted by atomic mass is 10.0. The summed E-state index contributed by atoms with van der Waals surface area (Å²) in [4.78, 5) is 13.4. The molecule has 0 amide bonds. The maximum atomic E-state index is 6.04. The van der Waals surface area contributed by atoms with E-state index in [0.717, 1.165) is 50.5 Å². The highest BCUT2D eigenvalue weighted by atomic mass is 16.5. The van der Waals surface area contributed by atoms with Crippen LogP contribution in [-0.2, 0) is 0 Å². The second-order valence-electron chi connectivity index (χ2n) is 6.78. The lowest BCUT2D eigenvalue weighted by Crippen LogP contribution is -2.16. The summed E-state index contributed by atoms with van der Waals surface area (Å²) in [5.41, 5.74) is 6.72. The number of nitrogens with zero attached hydrogens (tertiary/aromatic N) is 4. The van der Waals surface area contributed by atoms with Crippen molar-refractivity contribution in [3.05, 3.63) is 66.4 Å². The molecule has 0 atom stereocenters. The largest absolute Gasteiger partial charge is 0.464 e. The van der Waals surface area contributed by atoms with Crippen LogP contribution >= 0.6 is 0 Å². The highest BCUT2D eigenvalue weighted by Gasteiger charge is 2.15. The highest BCUT2D eigenvalue weighted by molar-refractivity contribution is 6.34. The van der Waals surface area contributed by atoms with E-state index < -0.39 is 0 Å². The van der Waals surface area contributed by atoms with Crippen molar-refractivity contribution in [2.45, 2.75) is 13.8 Å². The first-order valence-electron chi connectivity index (χ1n) is 9.03. The van der Waals surface area contributed by atoms with E-state index in [1.54, 1.807) is 18.7 Å². The summed E-state index contributed by atoms with van der Waals surface area (Å²) in [6.07, 6.45) is 7.09. The van der Waals surface area contributed by atoms with Crippen molar-refractivity contribution in [2.24, 2.45) is 0 Å². The number of aryl methyl sites for hydroxylation is 2. The maximum Gasteiger partial charge on any atom is 0.230 e. The molecule has 6 nitrogen and oxygen atoms in total. The number of ether oxygens (including phenoxy) is 1. The van der Waals surface area contributed by atoms with Crippen molar-refractivity contribution < 1.29 is 9.15 Å². The minimum absolute atomic E-state index is 0.531. The molecular formula is C21H17BN4O2. The number of fused-ring (bicyclic) bond motifs is 2. The standard InChI is InChI=1S/C21H17BN4O2/c1-12-11-14(28-21-16-6-10-27-17(16)5-7-24-21)3-4-15(12)18-13(2)25-19(22)20-23-8-9-26(18)20/h3-11H,22H2,1-2H3. The van der Waals surface area contributed by atoms with Gasteiger partial charge in [0, 0.05) is 29.7 Å². The molecule has 1 aromatic carbocycles. The van der Waals surface area contributed by atoms with Gasteiger partial charge in [-0.1, -0.05) is 0 Å². The van der Waals surface area contributed by atoms with Crippen LogP contribution in [-0.4, -0.2) is 27.2 Å². The van der Waals surface area contributed by atoms with Gasteiger partial charge in [-0.05, 0) is 49.7 Å². The summed E-state index contributed by atoms with van der Waals surface area (Å²) >= 11 is 0. The van der Waals surface area contributed by atoms with Gasteiger partial charge in [0.05, 0.1) is 23.0 Å². The highest BCUT2D eigenvalue weighted by Crippen LogP contribution is 2.32. The topological polar surface area (TPSA) is 65.5 Å². The van der Waals surface area contributed by atoms with E-state index >= 15 is 0 Å². The van der Waals surface area contributed by atoms with E-state index in [1.807, 2.05) is 45.2 Å². The van der Waals surface area contributed by atoms with Crippen LogP contribution in [0, 0.1) is 13.8 Å². The first-order valence-corrected chi connectivity index (χ1v) is 9.03. The predicted octanol–water partition coefficient (Wildman–Crippen LogP) is 3.21. The first kappa shape index (κ1) is 16.6. The Kier molecular flexibility index (Phi) is 3.69. The van der Waals surface area contributed by atoms with Gasteiger partial charge in [-0.25, -0.2) is 9.97 Å². The summed E-state index contributed by atoms with van der Waals surface area (Å²) in [6, 6.07) is 9.69. The summed E-state index contributed by atoms with van der Waals surface area (Å²) in [7, 11) is 1.98. The summed E-state index contributed by atoms with van der Waals surface area (Å²) in [5.74, 6) is 1.26. The summed E-state index contributed by atoms with van der Waals surface area (Å²) in [6.45, 7) is 4.09. The van der Waals surface area contributed by atoms with E-state index in [4.69, 9.17) is 9.15 Å². The fourth-order valence-electron chi connectivity index (χ4n) is 3.63. The number of benzene rings is 1. The molecule has 4 aromatic heterocycles. The molecular weight excluding hydrogens is 351 g/mol. The van der Waals surface area contributed by atoms with Crippen molar-refractivity contribution in [1.29, 1.82) is 0 Å². The van der Waals surface area contributed by atoms with Gasteiger partial charge in [0.25, 0.3) is 0 Å². The molecule has 0 aliphatic rings. The normalized spacial score (nSPS) is 11.4. The third kappa shape index (κ3) is 2.55. The molecule has 28 heavy (non-hydrogen) atoms. The first-order chi connectivity index (χ1) is 13.6. The Balaban J connectivity index is 1.58. The van der Waals surface area contributed by atoms with Crippen LogP contribution in [0.4, 0.5) is 0 Å². The fourth-order valence-corrected chi connectivity index (χ4v) is 3.63. The summed E-state index contributed by atoms with van der Waals surface area (Å²) in [5, 5.41) is 0.850. The lowest BCUT2D eigenvalue weighted by molar-refractivity contribution is 0.468. The second-order valence-corrected chi connectivity index (χ2v) is 6.78. The van der Waals surface area contributed by atoms with Gasteiger partial charge >= 0.3 is 0 Å². The van der Waals surface area contributed by atoms with E-state index in [0.29, 0.717) is 5.88 Å². The monoisotopic (exact) mass is 368 g/mol. The van der Waals surface area contributed by atoms with Crippen LogP contribution in [0.3, 0.4) is 0 Å². The van der Waals surface area contributed by atoms with E-state index in [9.17, 15) is 0 Å². The van der Waals surface area contributed by atoms with Crippen LogP contribution in [0.1, 0.15) is 11.3 Å². The van der Waals surface area contributed by atoms with Gasteiger partial charge < -0.3 is 9.15 Å². The third-order valence-corrected chi connectivity index (χ3v) is 4.89. The van der Waals surface area contributed by atoms with Crippen LogP contribution in [0.25, 0.3) is 27.9 Å². The molecule has 4 heterocycles. The van der Waals surface area contributed by atoms with Crippen LogP contribution in [0.5, 0.6) is 11.6 Å². The van der Waals surface area contributed by atoms with Gasteiger partial charge in [-0.15, -0.1) is 0 Å². The number of aromatic nitrogens is 4. The number of imidazole rings is 1. The predicted molar refractivity (Wildman–Crippen MR) is 110 cm³/mol. The van der Waals surface area contributed by atoms with Crippen molar-refractivity contribution in [2.75, 3.05) is 0 Å². The average molecular weight is 368 g/mol. The molecule has 0 spiro atoms. The fraction of sp³-hybridized carbons (Fsp3) is 0.0952. The van der Waals surface area contributed by atoms with Gasteiger partial charge in [0.1, 0.15) is 17.0 Å². The third-order valence-electron chi connectivity index (χ3n) is 4.89. The van der Waals surface area contributed by atoms with Crippen molar-refractivity contribution in [3.8, 4) is 22.9 Å². The average Bonchev–Trinajstić information content (AvgIpc) is 3.33. The number of hydrogen-bond acceptors (Lipinski definition) is 5. The Morgan fingerprint density at radius 1 is 1.07 bits per heavy atom. The maximum absolute atomic E-state index is 6.04. The minimum Gasteiger partial charge on any atom is -0.464 e. The zero-order valence-corrected chi connectivity index (χ0v) is 15.8. The van der Waals surface area contributed by atoms with Crippen LogP contribution in [0.2, 0.25) is 0 Å². The van der Waals surface area contributed by atoms with E-state index in [2.05, 4.69) is 32.3 Å². The molecule has 136 valence electrons. The molecule has 0 saturated carbocycles. The lowest BCUT2D eigenvalue weighted by Gasteiger charge is -2.14. The van der Waals surface area contributed by atoms with E-state index in [1.165, 1.54) is 0 Å². The Morgan fingerprint density at radius 2 is 1.96 bits per heavy atom. The van der Waals surface area contributed by atoms with Crippen molar-refractivity contribution in [3.63, 3.8) is 0 Å². The van der Waals surface area contributed by atoms with Gasteiger partial charge in [0.15, 0.2) is 7.85 Å². The molecule has 0 aliphatic heterocycles. The zero-order chi connectivity index (χ0) is 19.3. The SMILES string of the molecule is Bc1nc(C)c(-c2ccc(Oc3nccc4occc34)cc2C)n2ccnc12. The molecule has 7 heteroatoms. The molecule has 0 fully saturated rings.